The molecule has 0 N–H and O–H groups in total. The second kappa shape index (κ2) is 7.44. The average molecular weight is 415 g/mol. The largest absolute Gasteiger partial charge is 0.347 e. The molecule has 0 bridgehead atoms. The van der Waals surface area contributed by atoms with E-state index in [4.69, 9.17) is 9.47 Å². The molecule has 1 aromatic heterocycles. The van der Waals surface area contributed by atoms with Crippen molar-refractivity contribution in [1.82, 2.24) is 9.21 Å². The van der Waals surface area contributed by atoms with E-state index >= 15 is 0 Å². The molecule has 1 amide bonds. The van der Waals surface area contributed by atoms with Crippen molar-refractivity contribution in [1.29, 1.82) is 0 Å². The van der Waals surface area contributed by atoms with E-state index in [1.807, 2.05) is 17.9 Å². The highest BCUT2D eigenvalue weighted by Gasteiger charge is 2.42. The molecule has 27 heavy (non-hydrogen) atoms. The summed E-state index contributed by atoms with van der Waals surface area (Å²) in [6, 6.07) is 3.48. The second-order valence-corrected chi connectivity index (χ2v) is 11.0. The highest BCUT2D eigenvalue weighted by Crippen LogP contribution is 2.33. The monoisotopic (exact) mass is 414 g/mol. The van der Waals surface area contributed by atoms with Crippen LogP contribution in [0.25, 0.3) is 0 Å². The molecule has 3 aliphatic heterocycles. The molecule has 3 saturated heterocycles. The van der Waals surface area contributed by atoms with E-state index in [2.05, 4.69) is 0 Å². The Labute approximate surface area is 164 Å². The highest BCUT2D eigenvalue weighted by atomic mass is 32.2. The van der Waals surface area contributed by atoms with Gasteiger partial charge in [-0.25, -0.2) is 8.42 Å². The second-order valence-electron chi connectivity index (χ2n) is 7.50. The Morgan fingerprint density at radius 2 is 1.89 bits per heavy atom. The first-order chi connectivity index (χ1) is 12.9. The molecule has 0 saturated carbocycles. The van der Waals surface area contributed by atoms with Crippen molar-refractivity contribution in [3.8, 4) is 0 Å². The third-order valence-corrected chi connectivity index (χ3v) is 9.03. The standard InChI is InChI=1S/C18H26N2O5S2/c1-14-4-5-16(26-14)27(22,23)20-8-2-3-15(13-20)17(21)19-9-6-18(7-10-19)24-11-12-25-18/h4-5,15H,2-3,6-13H2,1H3. The third-order valence-electron chi connectivity index (χ3n) is 5.69. The van der Waals surface area contributed by atoms with Crippen molar-refractivity contribution in [3.63, 3.8) is 0 Å². The molecule has 0 aliphatic carbocycles. The van der Waals surface area contributed by atoms with Crippen LogP contribution in [-0.2, 0) is 24.3 Å². The van der Waals surface area contributed by atoms with E-state index in [0.717, 1.165) is 11.3 Å². The van der Waals surface area contributed by atoms with Crippen LogP contribution >= 0.6 is 11.3 Å². The number of carbonyl (C=O) groups excluding carboxylic acids is 1. The molecular formula is C18H26N2O5S2. The number of ether oxygens (including phenoxy) is 2. The van der Waals surface area contributed by atoms with Gasteiger partial charge in [-0.1, -0.05) is 0 Å². The lowest BCUT2D eigenvalue weighted by atomic mass is 9.96. The molecule has 3 fully saturated rings. The van der Waals surface area contributed by atoms with Gasteiger partial charge in [-0.2, -0.15) is 4.31 Å². The zero-order valence-corrected chi connectivity index (χ0v) is 17.2. The Balaban J connectivity index is 1.40. The summed E-state index contributed by atoms with van der Waals surface area (Å²) < 4.78 is 39.1. The maximum atomic E-state index is 13.0. The summed E-state index contributed by atoms with van der Waals surface area (Å²) >= 11 is 1.28. The van der Waals surface area contributed by atoms with Gasteiger partial charge in [0.15, 0.2) is 5.79 Å². The van der Waals surface area contributed by atoms with Crippen LogP contribution in [0.1, 0.15) is 30.6 Å². The topological polar surface area (TPSA) is 76.2 Å². The molecular weight excluding hydrogens is 388 g/mol. The van der Waals surface area contributed by atoms with Crippen LogP contribution in [-0.4, -0.2) is 68.7 Å². The lowest BCUT2D eigenvalue weighted by molar-refractivity contribution is -0.188. The Kier molecular flexibility index (Phi) is 5.32. The maximum Gasteiger partial charge on any atom is 0.252 e. The first-order valence-electron chi connectivity index (χ1n) is 9.53. The number of thiophene rings is 1. The van der Waals surface area contributed by atoms with Crippen LogP contribution in [0.5, 0.6) is 0 Å². The van der Waals surface area contributed by atoms with Crippen LogP contribution in [0.4, 0.5) is 0 Å². The zero-order valence-electron chi connectivity index (χ0n) is 15.6. The number of likely N-dealkylation sites (tertiary alicyclic amines) is 1. The van der Waals surface area contributed by atoms with Crippen molar-refractivity contribution < 1.29 is 22.7 Å². The summed E-state index contributed by atoms with van der Waals surface area (Å²) in [6.07, 6.45) is 2.82. The van der Waals surface area contributed by atoms with Gasteiger partial charge in [-0.3, -0.25) is 4.79 Å². The SMILES string of the molecule is Cc1ccc(S(=O)(=O)N2CCCC(C(=O)N3CCC4(CC3)OCCO4)C2)s1. The first-order valence-corrected chi connectivity index (χ1v) is 11.8. The maximum absolute atomic E-state index is 13.0. The molecule has 1 aromatic rings. The number of carbonyl (C=O) groups is 1. The number of rotatable bonds is 3. The molecule has 9 heteroatoms. The van der Waals surface area contributed by atoms with Crippen molar-refractivity contribution in [2.24, 2.45) is 5.92 Å². The van der Waals surface area contributed by atoms with Gasteiger partial charge >= 0.3 is 0 Å². The number of aryl methyl sites for hydroxylation is 1. The number of nitrogens with zero attached hydrogens (tertiary/aromatic N) is 2. The molecule has 3 aliphatic rings. The van der Waals surface area contributed by atoms with Gasteiger partial charge in [0.25, 0.3) is 10.0 Å². The predicted octanol–water partition coefficient (Wildman–Crippen LogP) is 1.82. The first kappa shape index (κ1) is 19.3. The molecule has 0 aromatic carbocycles. The lowest BCUT2D eigenvalue weighted by Crippen LogP contribution is -2.51. The normalized spacial score (nSPS) is 26.6. The Morgan fingerprint density at radius 1 is 1.19 bits per heavy atom. The van der Waals surface area contributed by atoms with E-state index in [0.29, 0.717) is 56.3 Å². The summed E-state index contributed by atoms with van der Waals surface area (Å²) in [6.45, 7) is 5.09. The average Bonchev–Trinajstić information content (AvgIpc) is 3.32. The summed E-state index contributed by atoms with van der Waals surface area (Å²) in [5, 5.41) is 0. The number of piperidine rings is 2. The molecule has 1 unspecified atom stereocenters. The van der Waals surface area contributed by atoms with Crippen molar-refractivity contribution >= 4 is 27.3 Å². The Hall–Kier alpha value is -1.00. The van der Waals surface area contributed by atoms with Gasteiger partial charge in [-0.15, -0.1) is 11.3 Å². The summed E-state index contributed by atoms with van der Waals surface area (Å²) in [7, 11) is -3.52. The highest BCUT2D eigenvalue weighted by molar-refractivity contribution is 7.91. The quantitative estimate of drug-likeness (QED) is 0.754. The van der Waals surface area contributed by atoms with Crippen LogP contribution in [0, 0.1) is 12.8 Å². The molecule has 150 valence electrons. The number of hydrogen-bond acceptors (Lipinski definition) is 6. The number of amides is 1. The van der Waals surface area contributed by atoms with E-state index in [9.17, 15) is 13.2 Å². The zero-order chi connectivity index (χ0) is 19.1. The molecule has 1 atom stereocenters. The van der Waals surface area contributed by atoms with E-state index in [1.54, 1.807) is 6.07 Å². The third kappa shape index (κ3) is 3.80. The smallest absolute Gasteiger partial charge is 0.252 e. The summed E-state index contributed by atoms with van der Waals surface area (Å²) in [5.41, 5.74) is 0. The Morgan fingerprint density at radius 3 is 2.52 bits per heavy atom. The fourth-order valence-corrected chi connectivity index (χ4v) is 7.11. The van der Waals surface area contributed by atoms with Crippen molar-refractivity contribution in [3.05, 3.63) is 17.0 Å². The van der Waals surface area contributed by atoms with Gasteiger partial charge in [0.1, 0.15) is 4.21 Å². The molecule has 4 rings (SSSR count). The minimum Gasteiger partial charge on any atom is -0.347 e. The van der Waals surface area contributed by atoms with Crippen LogP contribution in [0.2, 0.25) is 0 Å². The van der Waals surface area contributed by atoms with E-state index in [1.165, 1.54) is 15.6 Å². The van der Waals surface area contributed by atoms with Crippen molar-refractivity contribution in [2.75, 3.05) is 39.4 Å². The van der Waals surface area contributed by atoms with Crippen molar-refractivity contribution in [2.45, 2.75) is 42.6 Å². The fraction of sp³-hybridized carbons (Fsp3) is 0.722. The lowest BCUT2D eigenvalue weighted by Gasteiger charge is -2.40. The number of sulfonamides is 1. The molecule has 1 spiro atoms. The van der Waals surface area contributed by atoms with Gasteiger partial charge in [0, 0.05) is 43.9 Å². The van der Waals surface area contributed by atoms with Crippen LogP contribution < -0.4 is 0 Å². The van der Waals surface area contributed by atoms with E-state index in [-0.39, 0.29) is 18.4 Å². The minimum atomic E-state index is -3.52. The summed E-state index contributed by atoms with van der Waals surface area (Å²) in [5.74, 6) is -0.713. The number of hydrogen-bond donors (Lipinski definition) is 0. The molecule has 0 radical (unpaired) electrons. The van der Waals surface area contributed by atoms with Crippen LogP contribution in [0.15, 0.2) is 16.3 Å². The predicted molar refractivity (Wildman–Crippen MR) is 101 cm³/mol. The Bertz CT molecular complexity index is 790. The fourth-order valence-electron chi connectivity index (χ4n) is 4.15. The van der Waals surface area contributed by atoms with Gasteiger partial charge in [0.2, 0.25) is 5.91 Å². The minimum absolute atomic E-state index is 0.0603. The van der Waals surface area contributed by atoms with Gasteiger partial charge < -0.3 is 14.4 Å². The summed E-state index contributed by atoms with van der Waals surface area (Å²) in [4.78, 5) is 15.8. The van der Waals surface area contributed by atoms with Gasteiger partial charge in [-0.05, 0) is 31.9 Å². The van der Waals surface area contributed by atoms with Crippen LogP contribution in [0.3, 0.4) is 0 Å². The molecule has 7 nitrogen and oxygen atoms in total. The van der Waals surface area contributed by atoms with Gasteiger partial charge in [0.05, 0.1) is 19.1 Å². The van der Waals surface area contributed by atoms with E-state index < -0.39 is 15.8 Å². The molecule has 4 heterocycles.